The molecule has 0 spiro atoms. The van der Waals surface area contributed by atoms with E-state index >= 15 is 0 Å². The lowest BCUT2D eigenvalue weighted by atomic mass is 9.98. The first-order chi connectivity index (χ1) is 15.5. The van der Waals surface area contributed by atoms with Crippen LogP contribution in [0.2, 0.25) is 0 Å². The summed E-state index contributed by atoms with van der Waals surface area (Å²) in [5, 5.41) is 0. The van der Waals surface area contributed by atoms with Crippen LogP contribution in [-0.4, -0.2) is 68.9 Å². The number of carbonyl (C=O) groups excluding carboxylic acids is 1. The fourth-order valence-corrected chi connectivity index (χ4v) is 7.45. The molecule has 2 bridgehead atoms. The summed E-state index contributed by atoms with van der Waals surface area (Å²) < 4.78 is 33.9. The lowest BCUT2D eigenvalue weighted by Crippen LogP contribution is -2.57. The van der Waals surface area contributed by atoms with Crippen LogP contribution in [0.15, 0.2) is 59.5 Å². The summed E-state index contributed by atoms with van der Waals surface area (Å²) in [7, 11) is -2.04. The van der Waals surface area contributed by atoms with Crippen molar-refractivity contribution in [2.75, 3.05) is 38.2 Å². The number of piperidine rings is 1. The number of benzene rings is 2. The fourth-order valence-electron chi connectivity index (χ4n) is 5.56. The van der Waals surface area contributed by atoms with E-state index in [0.717, 1.165) is 30.7 Å². The van der Waals surface area contributed by atoms with Gasteiger partial charge in [0.2, 0.25) is 15.9 Å². The van der Waals surface area contributed by atoms with E-state index < -0.39 is 16.1 Å². The Hall–Kier alpha value is -2.58. The maximum Gasteiger partial charge on any atom is 0.244 e. The molecule has 32 heavy (non-hydrogen) atoms. The van der Waals surface area contributed by atoms with Crippen LogP contribution < -0.4 is 9.64 Å². The molecular formula is C24H29N3O4S. The zero-order valence-corrected chi connectivity index (χ0v) is 19.1. The van der Waals surface area contributed by atoms with E-state index in [2.05, 4.69) is 4.90 Å². The summed E-state index contributed by atoms with van der Waals surface area (Å²) in [5.74, 6) is 0.884. The van der Waals surface area contributed by atoms with Gasteiger partial charge in [-0.2, -0.15) is 4.31 Å². The van der Waals surface area contributed by atoms with Gasteiger partial charge >= 0.3 is 0 Å². The van der Waals surface area contributed by atoms with Crippen molar-refractivity contribution in [3.8, 4) is 5.75 Å². The number of hydrogen-bond donors (Lipinski definition) is 0. The zero-order valence-electron chi connectivity index (χ0n) is 18.3. The first-order valence-electron chi connectivity index (χ1n) is 11.3. The predicted octanol–water partition coefficient (Wildman–Crippen LogP) is 2.59. The molecule has 0 unspecified atom stereocenters. The van der Waals surface area contributed by atoms with Crippen molar-refractivity contribution in [3.05, 3.63) is 54.6 Å². The molecule has 8 heteroatoms. The highest BCUT2D eigenvalue weighted by atomic mass is 32.2. The SMILES string of the molecule is COc1ccccc1N1CCN(C(=O)[C@@H]2[C@H]3CC[C@@H](C3)N2S(=O)(=O)c2ccccc2)CC1. The molecule has 1 amide bonds. The highest BCUT2D eigenvalue weighted by Crippen LogP contribution is 2.46. The maximum absolute atomic E-state index is 13.6. The molecule has 3 fully saturated rings. The van der Waals surface area contributed by atoms with Crippen molar-refractivity contribution in [2.24, 2.45) is 5.92 Å². The Bertz CT molecular complexity index is 1080. The van der Waals surface area contributed by atoms with Crippen molar-refractivity contribution >= 4 is 21.6 Å². The molecule has 0 N–H and O–H groups in total. The standard InChI is InChI=1S/C24H29N3O4S/c1-31-22-10-6-5-9-21(22)25-13-15-26(16-14-25)24(28)23-18-11-12-19(17-18)27(23)32(29,30)20-7-3-2-4-8-20/h2-10,18-19,23H,11-17H2,1H3/t18-,19-,23-/m0/s1. The highest BCUT2D eigenvalue weighted by molar-refractivity contribution is 7.89. The molecule has 3 atom stereocenters. The summed E-state index contributed by atoms with van der Waals surface area (Å²) >= 11 is 0. The third-order valence-electron chi connectivity index (χ3n) is 7.11. The van der Waals surface area contributed by atoms with Gasteiger partial charge in [0.25, 0.3) is 0 Å². The second-order valence-corrected chi connectivity index (χ2v) is 10.6. The van der Waals surface area contributed by atoms with Gasteiger partial charge in [0.15, 0.2) is 0 Å². The Kier molecular flexibility index (Phi) is 5.59. The van der Waals surface area contributed by atoms with Crippen molar-refractivity contribution < 1.29 is 17.9 Å². The Balaban J connectivity index is 1.34. The van der Waals surface area contributed by atoms with Gasteiger partial charge in [0.05, 0.1) is 17.7 Å². The van der Waals surface area contributed by atoms with E-state index in [4.69, 9.17) is 4.74 Å². The Morgan fingerprint density at radius 3 is 2.34 bits per heavy atom. The third-order valence-corrected chi connectivity index (χ3v) is 9.06. The predicted molar refractivity (Wildman–Crippen MR) is 122 cm³/mol. The quantitative estimate of drug-likeness (QED) is 0.693. The number of hydrogen-bond acceptors (Lipinski definition) is 5. The number of rotatable bonds is 5. The highest BCUT2D eigenvalue weighted by Gasteiger charge is 2.55. The van der Waals surface area contributed by atoms with Crippen LogP contribution in [0.5, 0.6) is 5.75 Å². The van der Waals surface area contributed by atoms with E-state index in [9.17, 15) is 13.2 Å². The molecule has 5 rings (SSSR count). The molecule has 2 heterocycles. The smallest absolute Gasteiger partial charge is 0.244 e. The maximum atomic E-state index is 13.6. The third kappa shape index (κ3) is 3.55. The minimum absolute atomic E-state index is 0.0450. The fraction of sp³-hybridized carbons (Fsp3) is 0.458. The average molecular weight is 456 g/mol. The van der Waals surface area contributed by atoms with Gasteiger partial charge in [-0.1, -0.05) is 30.3 Å². The van der Waals surface area contributed by atoms with Crippen LogP contribution in [-0.2, 0) is 14.8 Å². The average Bonchev–Trinajstić information content (AvgIpc) is 3.46. The lowest BCUT2D eigenvalue weighted by molar-refractivity contribution is -0.137. The number of anilines is 1. The number of piperazine rings is 1. The Labute approximate surface area is 189 Å². The minimum Gasteiger partial charge on any atom is -0.495 e. The molecule has 0 aromatic heterocycles. The molecule has 1 aliphatic carbocycles. The normalized spacial score (nSPS) is 25.8. The van der Waals surface area contributed by atoms with E-state index in [-0.39, 0.29) is 22.8 Å². The molecule has 0 radical (unpaired) electrons. The molecule has 2 aliphatic heterocycles. The van der Waals surface area contributed by atoms with E-state index in [1.807, 2.05) is 29.2 Å². The number of sulfonamides is 1. The summed E-state index contributed by atoms with van der Waals surface area (Å²) in [6.07, 6.45) is 2.54. The molecule has 170 valence electrons. The van der Waals surface area contributed by atoms with Gasteiger partial charge in [-0.05, 0) is 49.4 Å². The van der Waals surface area contributed by atoms with Gasteiger partial charge < -0.3 is 14.5 Å². The van der Waals surface area contributed by atoms with Gasteiger partial charge in [-0.25, -0.2) is 8.42 Å². The first-order valence-corrected chi connectivity index (χ1v) is 12.7. The molecule has 3 aliphatic rings. The number of amides is 1. The summed E-state index contributed by atoms with van der Waals surface area (Å²) in [5.41, 5.74) is 1.02. The number of carbonyl (C=O) groups is 1. The van der Waals surface area contributed by atoms with Crippen LogP contribution in [0.4, 0.5) is 5.69 Å². The van der Waals surface area contributed by atoms with Gasteiger partial charge in [0.1, 0.15) is 11.8 Å². The van der Waals surface area contributed by atoms with Crippen LogP contribution >= 0.6 is 0 Å². The van der Waals surface area contributed by atoms with Gasteiger partial charge in [-0.3, -0.25) is 4.79 Å². The first kappa shape index (κ1) is 21.3. The van der Waals surface area contributed by atoms with Gasteiger partial charge in [-0.15, -0.1) is 0 Å². The Morgan fingerprint density at radius 1 is 0.938 bits per heavy atom. The molecule has 2 aromatic carbocycles. The number of ether oxygens (including phenoxy) is 1. The lowest BCUT2D eigenvalue weighted by Gasteiger charge is -2.40. The second-order valence-electron chi connectivity index (χ2n) is 8.80. The number of fused-ring (bicyclic) bond motifs is 2. The summed E-state index contributed by atoms with van der Waals surface area (Å²) in [6.45, 7) is 2.53. The van der Waals surface area contributed by atoms with Crippen LogP contribution in [0.25, 0.3) is 0 Å². The van der Waals surface area contributed by atoms with Gasteiger partial charge in [0, 0.05) is 32.2 Å². The van der Waals surface area contributed by atoms with Crippen LogP contribution in [0, 0.1) is 5.92 Å². The largest absolute Gasteiger partial charge is 0.495 e. The van der Waals surface area contributed by atoms with Crippen LogP contribution in [0.1, 0.15) is 19.3 Å². The summed E-state index contributed by atoms with van der Waals surface area (Å²) in [6, 6.07) is 15.7. The van der Waals surface area contributed by atoms with E-state index in [1.165, 1.54) is 4.31 Å². The van der Waals surface area contributed by atoms with Crippen molar-refractivity contribution in [3.63, 3.8) is 0 Å². The van der Waals surface area contributed by atoms with E-state index in [1.54, 1.807) is 37.4 Å². The molecule has 2 saturated heterocycles. The van der Waals surface area contributed by atoms with Crippen LogP contribution in [0.3, 0.4) is 0 Å². The number of methoxy groups -OCH3 is 1. The minimum atomic E-state index is -3.71. The van der Waals surface area contributed by atoms with Crippen molar-refractivity contribution in [1.82, 2.24) is 9.21 Å². The molecule has 2 aromatic rings. The molecular weight excluding hydrogens is 426 g/mol. The number of nitrogens with zero attached hydrogens (tertiary/aromatic N) is 3. The van der Waals surface area contributed by atoms with Crippen molar-refractivity contribution in [1.29, 1.82) is 0 Å². The monoisotopic (exact) mass is 455 g/mol. The van der Waals surface area contributed by atoms with Crippen molar-refractivity contribution in [2.45, 2.75) is 36.2 Å². The molecule has 7 nitrogen and oxygen atoms in total. The number of para-hydroxylation sites is 2. The zero-order chi connectivity index (χ0) is 22.3. The molecule has 1 saturated carbocycles. The topological polar surface area (TPSA) is 70.2 Å². The summed E-state index contributed by atoms with van der Waals surface area (Å²) in [4.78, 5) is 18.0. The second kappa shape index (κ2) is 8.41. The Morgan fingerprint density at radius 2 is 1.62 bits per heavy atom. The van der Waals surface area contributed by atoms with E-state index in [0.29, 0.717) is 26.2 Å².